The van der Waals surface area contributed by atoms with Gasteiger partial charge in [-0.1, -0.05) is 61.9 Å². The fourth-order valence-corrected chi connectivity index (χ4v) is 2.48. The van der Waals surface area contributed by atoms with Crippen LogP contribution in [0.1, 0.15) is 47.9 Å². The molecular formula is C20H22O4. The molecule has 0 spiro atoms. The second-order valence-corrected chi connectivity index (χ2v) is 5.36. The molecule has 4 heteroatoms. The molecule has 0 aliphatic carbocycles. The van der Waals surface area contributed by atoms with Gasteiger partial charge in [-0.25, -0.2) is 9.59 Å². The van der Waals surface area contributed by atoms with Crippen molar-refractivity contribution in [1.29, 1.82) is 0 Å². The summed E-state index contributed by atoms with van der Waals surface area (Å²) in [5, 5.41) is 0. The lowest BCUT2D eigenvalue weighted by Gasteiger charge is -2.18. The first-order chi connectivity index (χ1) is 11.7. The van der Waals surface area contributed by atoms with Gasteiger partial charge >= 0.3 is 11.9 Å². The topological polar surface area (TPSA) is 52.6 Å². The summed E-state index contributed by atoms with van der Waals surface area (Å²) >= 11 is 0. The number of esters is 2. The fraction of sp³-hybridized carbons (Fsp3) is 0.300. The standard InChI is InChI=1S/C20H22O4/c1-3-10-15-11-8-9-14-17(15)19(21)24-18(20(22)23-4-2)16-12-6-5-7-13-16/h5-9,11-14,18H,3-4,10H2,1-2H3. The zero-order valence-electron chi connectivity index (χ0n) is 14.0. The number of benzene rings is 2. The highest BCUT2D eigenvalue weighted by Crippen LogP contribution is 2.22. The van der Waals surface area contributed by atoms with Crippen molar-refractivity contribution in [3.05, 3.63) is 71.3 Å². The molecule has 1 unspecified atom stereocenters. The maximum atomic E-state index is 12.6. The third-order valence-corrected chi connectivity index (χ3v) is 3.58. The van der Waals surface area contributed by atoms with Crippen LogP contribution in [0.15, 0.2) is 54.6 Å². The zero-order chi connectivity index (χ0) is 17.4. The van der Waals surface area contributed by atoms with E-state index in [9.17, 15) is 9.59 Å². The van der Waals surface area contributed by atoms with Crippen LogP contribution in [-0.4, -0.2) is 18.5 Å². The summed E-state index contributed by atoms with van der Waals surface area (Å²) in [5.74, 6) is -1.08. The summed E-state index contributed by atoms with van der Waals surface area (Å²) in [6.45, 7) is 4.00. The molecule has 0 saturated carbocycles. The molecule has 1 atom stereocenters. The highest BCUT2D eigenvalue weighted by molar-refractivity contribution is 5.93. The van der Waals surface area contributed by atoms with Crippen LogP contribution in [-0.2, 0) is 20.7 Å². The van der Waals surface area contributed by atoms with Crippen molar-refractivity contribution in [2.45, 2.75) is 32.8 Å². The Hall–Kier alpha value is -2.62. The summed E-state index contributed by atoms with van der Waals surface area (Å²) in [6.07, 6.45) is 0.638. The first-order valence-corrected chi connectivity index (χ1v) is 8.17. The third kappa shape index (κ3) is 4.44. The first-order valence-electron chi connectivity index (χ1n) is 8.17. The van der Waals surface area contributed by atoms with E-state index in [0.29, 0.717) is 11.1 Å². The van der Waals surface area contributed by atoms with Crippen molar-refractivity contribution >= 4 is 11.9 Å². The van der Waals surface area contributed by atoms with Crippen molar-refractivity contribution in [1.82, 2.24) is 0 Å². The Morgan fingerprint density at radius 1 is 0.958 bits per heavy atom. The van der Waals surface area contributed by atoms with Crippen LogP contribution in [0.2, 0.25) is 0 Å². The van der Waals surface area contributed by atoms with E-state index in [4.69, 9.17) is 9.47 Å². The van der Waals surface area contributed by atoms with E-state index in [0.717, 1.165) is 18.4 Å². The Kier molecular flexibility index (Phi) is 6.55. The minimum atomic E-state index is -1.06. The second-order valence-electron chi connectivity index (χ2n) is 5.36. The van der Waals surface area contributed by atoms with Crippen LogP contribution >= 0.6 is 0 Å². The van der Waals surface area contributed by atoms with Gasteiger partial charge in [0, 0.05) is 5.56 Å². The number of ether oxygens (including phenoxy) is 2. The lowest BCUT2D eigenvalue weighted by atomic mass is 10.0. The van der Waals surface area contributed by atoms with Gasteiger partial charge in [-0.3, -0.25) is 0 Å². The largest absolute Gasteiger partial charge is 0.463 e. The number of rotatable bonds is 7. The van der Waals surface area contributed by atoms with E-state index in [1.165, 1.54) is 0 Å². The van der Waals surface area contributed by atoms with Gasteiger partial charge in [-0.05, 0) is 25.0 Å². The zero-order valence-corrected chi connectivity index (χ0v) is 14.0. The molecule has 24 heavy (non-hydrogen) atoms. The fourth-order valence-electron chi connectivity index (χ4n) is 2.48. The van der Waals surface area contributed by atoms with Crippen LogP contribution < -0.4 is 0 Å². The van der Waals surface area contributed by atoms with Crippen LogP contribution in [0.4, 0.5) is 0 Å². The molecule has 4 nitrogen and oxygen atoms in total. The van der Waals surface area contributed by atoms with Gasteiger partial charge in [0.2, 0.25) is 6.10 Å². The summed E-state index contributed by atoms with van der Waals surface area (Å²) in [4.78, 5) is 24.8. The highest BCUT2D eigenvalue weighted by Gasteiger charge is 2.27. The Labute approximate surface area is 142 Å². The molecule has 2 aromatic rings. The number of carbonyl (C=O) groups excluding carboxylic acids is 2. The van der Waals surface area contributed by atoms with E-state index < -0.39 is 18.0 Å². The van der Waals surface area contributed by atoms with Crippen molar-refractivity contribution in [2.75, 3.05) is 6.61 Å². The van der Waals surface area contributed by atoms with Crippen LogP contribution in [0, 0.1) is 0 Å². The number of carbonyl (C=O) groups is 2. The lowest BCUT2D eigenvalue weighted by molar-refractivity contribution is -0.153. The molecule has 0 aromatic heterocycles. The Bertz CT molecular complexity index is 679. The predicted octanol–water partition coefficient (Wildman–Crippen LogP) is 4.10. The van der Waals surface area contributed by atoms with E-state index in [-0.39, 0.29) is 6.61 Å². The molecule has 0 amide bonds. The molecule has 0 bridgehead atoms. The van der Waals surface area contributed by atoms with E-state index in [1.807, 2.05) is 25.1 Å². The average molecular weight is 326 g/mol. The summed E-state index contributed by atoms with van der Waals surface area (Å²) in [7, 11) is 0. The molecular weight excluding hydrogens is 304 g/mol. The average Bonchev–Trinajstić information content (AvgIpc) is 2.61. The monoisotopic (exact) mass is 326 g/mol. The Morgan fingerprint density at radius 3 is 2.29 bits per heavy atom. The summed E-state index contributed by atoms with van der Waals surface area (Å²) in [5.41, 5.74) is 2.00. The van der Waals surface area contributed by atoms with E-state index in [2.05, 4.69) is 0 Å². The minimum Gasteiger partial charge on any atom is -0.463 e. The van der Waals surface area contributed by atoms with Gasteiger partial charge in [-0.2, -0.15) is 0 Å². The smallest absolute Gasteiger partial charge is 0.352 e. The van der Waals surface area contributed by atoms with Crippen molar-refractivity contribution < 1.29 is 19.1 Å². The van der Waals surface area contributed by atoms with Gasteiger partial charge in [0.15, 0.2) is 0 Å². The molecule has 126 valence electrons. The number of aryl methyl sites for hydroxylation is 1. The molecule has 0 saturated heterocycles. The normalized spacial score (nSPS) is 11.6. The van der Waals surface area contributed by atoms with Crippen LogP contribution in [0.5, 0.6) is 0 Å². The summed E-state index contributed by atoms with van der Waals surface area (Å²) < 4.78 is 10.6. The molecule has 0 N–H and O–H groups in total. The van der Waals surface area contributed by atoms with E-state index in [1.54, 1.807) is 43.3 Å². The quantitative estimate of drug-likeness (QED) is 0.719. The van der Waals surface area contributed by atoms with Gasteiger partial charge in [0.05, 0.1) is 12.2 Å². The molecule has 2 rings (SSSR count). The number of hydrogen-bond acceptors (Lipinski definition) is 4. The Balaban J connectivity index is 2.26. The third-order valence-electron chi connectivity index (χ3n) is 3.58. The van der Waals surface area contributed by atoms with Gasteiger partial charge in [0.1, 0.15) is 0 Å². The van der Waals surface area contributed by atoms with Gasteiger partial charge in [-0.15, -0.1) is 0 Å². The molecule has 0 radical (unpaired) electrons. The lowest BCUT2D eigenvalue weighted by Crippen LogP contribution is -2.22. The molecule has 2 aromatic carbocycles. The van der Waals surface area contributed by atoms with Crippen molar-refractivity contribution in [3.8, 4) is 0 Å². The van der Waals surface area contributed by atoms with Crippen molar-refractivity contribution in [2.24, 2.45) is 0 Å². The second kappa shape index (κ2) is 8.87. The maximum absolute atomic E-state index is 12.6. The molecule has 0 aliphatic heterocycles. The molecule has 0 fully saturated rings. The summed E-state index contributed by atoms with van der Waals surface area (Å²) in [6, 6.07) is 16.2. The SMILES string of the molecule is CCCc1ccccc1C(=O)OC(C(=O)OCC)c1ccccc1. The van der Waals surface area contributed by atoms with Crippen molar-refractivity contribution in [3.63, 3.8) is 0 Å². The van der Waals surface area contributed by atoms with Crippen LogP contribution in [0.25, 0.3) is 0 Å². The highest BCUT2D eigenvalue weighted by atomic mass is 16.6. The molecule has 0 aliphatic rings. The van der Waals surface area contributed by atoms with E-state index >= 15 is 0 Å². The first kappa shape index (κ1) is 17.7. The molecule has 0 heterocycles. The predicted molar refractivity (Wildman–Crippen MR) is 91.7 cm³/mol. The minimum absolute atomic E-state index is 0.228. The Morgan fingerprint density at radius 2 is 1.62 bits per heavy atom. The van der Waals surface area contributed by atoms with Crippen LogP contribution in [0.3, 0.4) is 0 Å². The van der Waals surface area contributed by atoms with Gasteiger partial charge in [0.25, 0.3) is 0 Å². The van der Waals surface area contributed by atoms with Gasteiger partial charge < -0.3 is 9.47 Å². The maximum Gasteiger partial charge on any atom is 0.352 e. The number of hydrogen-bond donors (Lipinski definition) is 0.